The molecule has 1 aliphatic heterocycles. The molecule has 4 heterocycles. The normalized spacial score (nSPS) is 18.6. The number of fused-ring (bicyclic) bond motifs is 2. The summed E-state index contributed by atoms with van der Waals surface area (Å²) in [4.78, 5) is 9.87. The lowest BCUT2D eigenvalue weighted by Crippen LogP contribution is -2.31. The van der Waals surface area contributed by atoms with E-state index in [1.54, 1.807) is 17.7 Å². The quantitative estimate of drug-likeness (QED) is 0.783. The van der Waals surface area contributed by atoms with Gasteiger partial charge in [-0.2, -0.15) is 5.10 Å². The molecule has 7 nitrogen and oxygen atoms in total. The van der Waals surface area contributed by atoms with Crippen molar-refractivity contribution < 1.29 is 0 Å². The summed E-state index contributed by atoms with van der Waals surface area (Å²) in [5.41, 5.74) is 1.12. The highest BCUT2D eigenvalue weighted by molar-refractivity contribution is 7.20. The molecule has 0 aliphatic carbocycles. The smallest absolute Gasteiger partial charge is 0.214 e. The fraction of sp³-hybridized carbons (Fsp3) is 0.571. The molecule has 0 unspecified atom stereocenters. The van der Waals surface area contributed by atoms with Crippen LogP contribution in [0.15, 0.2) is 12.5 Å². The van der Waals surface area contributed by atoms with Gasteiger partial charge in [-0.05, 0) is 6.42 Å². The minimum atomic E-state index is 0.0495. The van der Waals surface area contributed by atoms with Gasteiger partial charge in [0.2, 0.25) is 10.1 Å². The van der Waals surface area contributed by atoms with Gasteiger partial charge in [-0.25, -0.2) is 19.2 Å². The first-order valence-corrected chi connectivity index (χ1v) is 8.30. The van der Waals surface area contributed by atoms with Crippen molar-refractivity contribution in [1.29, 1.82) is 0 Å². The molecule has 0 fully saturated rings. The molecule has 0 bridgehead atoms. The van der Waals surface area contributed by atoms with Gasteiger partial charge in [-0.15, -0.1) is 5.10 Å². The maximum Gasteiger partial charge on any atom is 0.214 e. The van der Waals surface area contributed by atoms with Crippen LogP contribution in [0.3, 0.4) is 0 Å². The Morgan fingerprint density at radius 2 is 2.23 bits per heavy atom. The molecule has 4 rings (SSSR count). The number of hydrogen-bond acceptors (Lipinski definition) is 6. The summed E-state index contributed by atoms with van der Waals surface area (Å²) >= 11 is 1.60. The van der Waals surface area contributed by atoms with Crippen LogP contribution < -0.4 is 5.32 Å². The number of anilines is 1. The van der Waals surface area contributed by atoms with Crippen molar-refractivity contribution in [3.63, 3.8) is 0 Å². The third-order valence-electron chi connectivity index (χ3n) is 3.94. The summed E-state index contributed by atoms with van der Waals surface area (Å²) < 4.78 is 3.84. The fourth-order valence-electron chi connectivity index (χ4n) is 2.65. The summed E-state index contributed by atoms with van der Waals surface area (Å²) in [6, 6.07) is 0.340. The zero-order chi connectivity index (χ0) is 15.3. The number of imidazole rings is 1. The van der Waals surface area contributed by atoms with Crippen LogP contribution in [-0.2, 0) is 18.4 Å². The standard InChI is InChI=1S/C14H19N7S/c1-14(2,3)10-7-21-13(18-10)22-12(19-21)17-9-4-5-11-15-8-16-20(11)6-9/h7-9H,4-6H2,1-3H3,(H,17,19)/t9-/m1/s1. The fourth-order valence-corrected chi connectivity index (χ4v) is 3.51. The largest absolute Gasteiger partial charge is 0.355 e. The van der Waals surface area contributed by atoms with E-state index in [4.69, 9.17) is 0 Å². The first-order chi connectivity index (χ1) is 10.5. The summed E-state index contributed by atoms with van der Waals surface area (Å²) in [6.45, 7) is 7.33. The van der Waals surface area contributed by atoms with E-state index in [-0.39, 0.29) is 5.41 Å². The van der Waals surface area contributed by atoms with Crippen molar-refractivity contribution in [2.75, 3.05) is 5.32 Å². The summed E-state index contributed by atoms with van der Waals surface area (Å²) in [7, 11) is 0. The van der Waals surface area contributed by atoms with E-state index in [1.807, 2.05) is 15.4 Å². The Kier molecular flexibility index (Phi) is 2.97. The summed E-state index contributed by atoms with van der Waals surface area (Å²) in [5, 5.41) is 13.3. The lowest BCUT2D eigenvalue weighted by molar-refractivity contribution is 0.441. The number of hydrogen-bond donors (Lipinski definition) is 1. The van der Waals surface area contributed by atoms with Crippen LogP contribution in [0.2, 0.25) is 0 Å². The van der Waals surface area contributed by atoms with Crippen LogP contribution in [0.25, 0.3) is 4.96 Å². The highest BCUT2D eigenvalue weighted by Gasteiger charge is 2.22. The Morgan fingerprint density at radius 3 is 3.00 bits per heavy atom. The molecule has 8 heteroatoms. The molecule has 1 N–H and O–H groups in total. The lowest BCUT2D eigenvalue weighted by Gasteiger charge is -2.22. The van der Waals surface area contributed by atoms with Crippen LogP contribution >= 0.6 is 11.3 Å². The van der Waals surface area contributed by atoms with Crippen LogP contribution in [-0.4, -0.2) is 35.4 Å². The van der Waals surface area contributed by atoms with E-state index in [2.05, 4.69) is 46.3 Å². The first-order valence-electron chi connectivity index (χ1n) is 7.49. The molecule has 3 aromatic rings. The number of nitrogens with zero attached hydrogens (tertiary/aromatic N) is 6. The van der Waals surface area contributed by atoms with Crippen molar-refractivity contribution in [3.05, 3.63) is 24.0 Å². The Balaban J connectivity index is 1.52. The molecule has 3 aromatic heterocycles. The summed E-state index contributed by atoms with van der Waals surface area (Å²) in [6.07, 6.45) is 5.65. The summed E-state index contributed by atoms with van der Waals surface area (Å²) in [5.74, 6) is 1.07. The van der Waals surface area contributed by atoms with Gasteiger partial charge < -0.3 is 5.32 Å². The minimum Gasteiger partial charge on any atom is -0.355 e. The highest BCUT2D eigenvalue weighted by Crippen LogP contribution is 2.26. The van der Waals surface area contributed by atoms with Gasteiger partial charge in [0.25, 0.3) is 0 Å². The van der Waals surface area contributed by atoms with Crippen LogP contribution in [0.1, 0.15) is 38.7 Å². The molecule has 0 aromatic carbocycles. The van der Waals surface area contributed by atoms with Crippen LogP contribution in [0.5, 0.6) is 0 Å². The van der Waals surface area contributed by atoms with E-state index in [0.29, 0.717) is 6.04 Å². The zero-order valence-electron chi connectivity index (χ0n) is 12.9. The topological polar surface area (TPSA) is 72.9 Å². The van der Waals surface area contributed by atoms with Gasteiger partial charge in [0.05, 0.1) is 18.4 Å². The van der Waals surface area contributed by atoms with Gasteiger partial charge in [-0.1, -0.05) is 32.1 Å². The molecule has 1 atom stereocenters. The predicted octanol–water partition coefficient (Wildman–Crippen LogP) is 2.11. The molecule has 22 heavy (non-hydrogen) atoms. The van der Waals surface area contributed by atoms with E-state index in [9.17, 15) is 0 Å². The van der Waals surface area contributed by atoms with Crippen molar-refractivity contribution in [1.82, 2.24) is 29.4 Å². The molecule has 0 radical (unpaired) electrons. The second-order valence-corrected chi connectivity index (χ2v) is 7.70. The Morgan fingerprint density at radius 1 is 1.36 bits per heavy atom. The average Bonchev–Trinajstić information content (AvgIpc) is 3.10. The molecule has 116 valence electrons. The van der Waals surface area contributed by atoms with E-state index in [1.165, 1.54) is 0 Å². The van der Waals surface area contributed by atoms with Gasteiger partial charge in [0, 0.05) is 17.9 Å². The van der Waals surface area contributed by atoms with Gasteiger partial charge >= 0.3 is 0 Å². The van der Waals surface area contributed by atoms with Gasteiger partial charge in [0.1, 0.15) is 12.2 Å². The maximum absolute atomic E-state index is 4.68. The second kappa shape index (κ2) is 4.77. The van der Waals surface area contributed by atoms with Crippen molar-refractivity contribution >= 4 is 21.4 Å². The van der Waals surface area contributed by atoms with Gasteiger partial charge in [0.15, 0.2) is 0 Å². The molecule has 0 saturated heterocycles. The van der Waals surface area contributed by atoms with Crippen molar-refractivity contribution in [3.8, 4) is 0 Å². The molecular formula is C14H19N7S. The van der Waals surface area contributed by atoms with E-state index in [0.717, 1.165) is 41.0 Å². The van der Waals surface area contributed by atoms with E-state index < -0.39 is 0 Å². The Bertz CT molecular complexity index is 775. The lowest BCUT2D eigenvalue weighted by atomic mass is 9.93. The zero-order valence-corrected chi connectivity index (χ0v) is 13.8. The van der Waals surface area contributed by atoms with Crippen molar-refractivity contribution in [2.24, 2.45) is 0 Å². The molecular weight excluding hydrogens is 298 g/mol. The first kappa shape index (κ1) is 13.7. The number of nitrogens with one attached hydrogen (secondary N) is 1. The van der Waals surface area contributed by atoms with Gasteiger partial charge in [-0.3, -0.25) is 0 Å². The second-order valence-electron chi connectivity index (χ2n) is 6.75. The van der Waals surface area contributed by atoms with Crippen LogP contribution in [0, 0.1) is 0 Å². The molecule has 1 aliphatic rings. The number of rotatable bonds is 2. The van der Waals surface area contributed by atoms with E-state index >= 15 is 0 Å². The van der Waals surface area contributed by atoms with Crippen LogP contribution in [0.4, 0.5) is 5.13 Å². The number of aryl methyl sites for hydroxylation is 1. The SMILES string of the molecule is CC(C)(C)c1cn2nc(N[C@@H]3CCc4ncnn4C3)sc2n1. The molecule has 0 amide bonds. The molecule has 0 saturated carbocycles. The molecule has 0 spiro atoms. The Labute approximate surface area is 132 Å². The number of aromatic nitrogens is 6. The predicted molar refractivity (Wildman–Crippen MR) is 85.3 cm³/mol. The maximum atomic E-state index is 4.68. The third-order valence-corrected chi connectivity index (χ3v) is 4.80. The minimum absolute atomic E-state index is 0.0495. The van der Waals surface area contributed by atoms with Crippen molar-refractivity contribution in [2.45, 2.75) is 51.6 Å². The monoisotopic (exact) mass is 317 g/mol. The Hall–Kier alpha value is -1.96. The average molecular weight is 317 g/mol. The third kappa shape index (κ3) is 2.37. The highest BCUT2D eigenvalue weighted by atomic mass is 32.1.